The number of carbonyl (C=O) groups is 1. The number of hydrogen-bond acceptors (Lipinski definition) is 6. The minimum atomic E-state index is -0.124. The van der Waals surface area contributed by atoms with E-state index in [2.05, 4.69) is 15.3 Å². The first kappa shape index (κ1) is 18.6. The maximum atomic E-state index is 12.1. The van der Waals surface area contributed by atoms with E-state index < -0.39 is 0 Å². The van der Waals surface area contributed by atoms with Crippen molar-refractivity contribution in [3.8, 4) is 17.7 Å². The zero-order chi connectivity index (χ0) is 19.1. The van der Waals surface area contributed by atoms with Gasteiger partial charge in [0.25, 0.3) is 11.8 Å². The maximum Gasteiger partial charge on any atom is 0.258 e. The summed E-state index contributed by atoms with van der Waals surface area (Å²) >= 11 is 0. The molecule has 1 fully saturated rings. The Morgan fingerprint density at radius 2 is 2.04 bits per heavy atom. The topological polar surface area (TPSA) is 97.1 Å². The highest BCUT2D eigenvalue weighted by atomic mass is 16.5. The molecule has 1 saturated carbocycles. The molecule has 140 valence electrons. The minimum absolute atomic E-state index is 0.00498. The fraction of sp³-hybridized carbons (Fsp3) is 0.400. The lowest BCUT2D eigenvalue weighted by atomic mass is 9.93. The molecule has 1 aromatic carbocycles. The fourth-order valence-electron chi connectivity index (χ4n) is 3.09. The van der Waals surface area contributed by atoms with Gasteiger partial charge in [-0.05, 0) is 50.3 Å². The number of nitriles is 1. The summed E-state index contributed by atoms with van der Waals surface area (Å²) in [5, 5.41) is 12.1. The van der Waals surface area contributed by atoms with Crippen molar-refractivity contribution in [2.24, 2.45) is 0 Å². The SMILES string of the molecule is Cc1cccc(OCC(=O)NC2CCC(Oc3nccnc3C#N)CC2)c1. The summed E-state index contributed by atoms with van der Waals surface area (Å²) in [5.74, 6) is 0.847. The van der Waals surface area contributed by atoms with Crippen LogP contribution in [0.3, 0.4) is 0 Å². The summed E-state index contributed by atoms with van der Waals surface area (Å²) in [6.07, 6.45) is 6.14. The summed E-state index contributed by atoms with van der Waals surface area (Å²) in [7, 11) is 0. The largest absolute Gasteiger partial charge is 0.484 e. The van der Waals surface area contributed by atoms with E-state index in [4.69, 9.17) is 14.7 Å². The van der Waals surface area contributed by atoms with Crippen LogP contribution in [0.2, 0.25) is 0 Å². The molecule has 7 heteroatoms. The Balaban J connectivity index is 1.41. The van der Waals surface area contributed by atoms with Crippen molar-refractivity contribution in [2.45, 2.75) is 44.8 Å². The summed E-state index contributed by atoms with van der Waals surface area (Å²) in [6.45, 7) is 1.99. The van der Waals surface area contributed by atoms with Crippen LogP contribution in [0.25, 0.3) is 0 Å². The molecule has 7 nitrogen and oxygen atoms in total. The van der Waals surface area contributed by atoms with Gasteiger partial charge in [-0.1, -0.05) is 12.1 Å². The average molecular weight is 366 g/mol. The van der Waals surface area contributed by atoms with E-state index in [1.54, 1.807) is 0 Å². The quantitative estimate of drug-likeness (QED) is 0.844. The third-order valence-corrected chi connectivity index (χ3v) is 4.45. The summed E-state index contributed by atoms with van der Waals surface area (Å²) in [6, 6.07) is 9.71. The van der Waals surface area contributed by atoms with Crippen molar-refractivity contribution in [1.82, 2.24) is 15.3 Å². The molecule has 0 spiro atoms. The van der Waals surface area contributed by atoms with Gasteiger partial charge in [-0.2, -0.15) is 5.26 Å². The van der Waals surface area contributed by atoms with E-state index in [1.807, 2.05) is 37.3 Å². The predicted molar refractivity (Wildman–Crippen MR) is 98.2 cm³/mol. The summed E-state index contributed by atoms with van der Waals surface area (Å²) in [4.78, 5) is 20.1. The fourth-order valence-corrected chi connectivity index (χ4v) is 3.09. The Morgan fingerprint density at radius 3 is 2.78 bits per heavy atom. The van der Waals surface area contributed by atoms with Crippen molar-refractivity contribution in [2.75, 3.05) is 6.61 Å². The van der Waals surface area contributed by atoms with Gasteiger partial charge in [0.15, 0.2) is 6.61 Å². The number of nitrogens with zero attached hydrogens (tertiary/aromatic N) is 3. The van der Waals surface area contributed by atoms with Crippen LogP contribution in [0.4, 0.5) is 0 Å². The molecular formula is C20H22N4O3. The van der Waals surface area contributed by atoms with E-state index in [0.29, 0.717) is 5.75 Å². The molecular weight excluding hydrogens is 344 g/mol. The molecule has 2 aromatic rings. The van der Waals surface area contributed by atoms with Crippen LogP contribution in [0.15, 0.2) is 36.7 Å². The van der Waals surface area contributed by atoms with E-state index in [-0.39, 0.29) is 36.2 Å². The first-order chi connectivity index (χ1) is 13.1. The van der Waals surface area contributed by atoms with Gasteiger partial charge in [-0.15, -0.1) is 0 Å². The Labute approximate surface area is 158 Å². The Morgan fingerprint density at radius 1 is 1.26 bits per heavy atom. The second kappa shape index (κ2) is 8.99. The van der Waals surface area contributed by atoms with Gasteiger partial charge >= 0.3 is 0 Å². The Hall–Kier alpha value is -3.14. The molecule has 1 aliphatic carbocycles. The van der Waals surface area contributed by atoms with Gasteiger partial charge in [0.05, 0.1) is 0 Å². The highest BCUT2D eigenvalue weighted by molar-refractivity contribution is 5.77. The molecule has 1 heterocycles. The van der Waals surface area contributed by atoms with Crippen LogP contribution in [0.5, 0.6) is 11.6 Å². The minimum Gasteiger partial charge on any atom is -0.484 e. The number of benzene rings is 1. The van der Waals surface area contributed by atoms with E-state index in [1.165, 1.54) is 12.4 Å². The van der Waals surface area contributed by atoms with E-state index in [0.717, 1.165) is 31.2 Å². The monoisotopic (exact) mass is 366 g/mol. The van der Waals surface area contributed by atoms with Gasteiger partial charge in [-0.25, -0.2) is 9.97 Å². The lowest BCUT2D eigenvalue weighted by Gasteiger charge is -2.29. The lowest BCUT2D eigenvalue weighted by Crippen LogP contribution is -2.41. The molecule has 0 saturated heterocycles. The number of amides is 1. The second-order valence-corrected chi connectivity index (χ2v) is 6.59. The molecule has 3 rings (SSSR count). The smallest absolute Gasteiger partial charge is 0.258 e. The maximum absolute atomic E-state index is 12.1. The number of aromatic nitrogens is 2. The third-order valence-electron chi connectivity index (χ3n) is 4.45. The van der Waals surface area contributed by atoms with Crippen LogP contribution < -0.4 is 14.8 Å². The standard InChI is InChI=1S/C20H22N4O3/c1-14-3-2-4-17(11-14)26-13-19(25)24-15-5-7-16(8-6-15)27-20-18(12-21)22-9-10-23-20/h2-4,9-11,15-16H,5-8,13H2,1H3,(H,24,25). The number of nitrogens with one attached hydrogen (secondary N) is 1. The Bertz CT molecular complexity index is 826. The molecule has 1 aliphatic rings. The van der Waals surface area contributed by atoms with Gasteiger partial charge in [-0.3, -0.25) is 4.79 Å². The molecule has 1 aromatic heterocycles. The van der Waals surface area contributed by atoms with Crippen molar-refractivity contribution >= 4 is 5.91 Å². The van der Waals surface area contributed by atoms with Crippen LogP contribution >= 0.6 is 0 Å². The number of hydrogen-bond donors (Lipinski definition) is 1. The first-order valence-electron chi connectivity index (χ1n) is 9.00. The molecule has 1 amide bonds. The number of aryl methyl sites for hydroxylation is 1. The normalized spacial score (nSPS) is 19.0. The van der Waals surface area contributed by atoms with Gasteiger partial charge in [0, 0.05) is 18.4 Å². The Kier molecular flexibility index (Phi) is 6.21. The van der Waals surface area contributed by atoms with Crippen LogP contribution in [0, 0.1) is 18.3 Å². The van der Waals surface area contributed by atoms with Gasteiger partial charge in [0.1, 0.15) is 17.9 Å². The van der Waals surface area contributed by atoms with Gasteiger partial charge < -0.3 is 14.8 Å². The highest BCUT2D eigenvalue weighted by Gasteiger charge is 2.25. The zero-order valence-corrected chi connectivity index (χ0v) is 15.2. The molecule has 1 N–H and O–H groups in total. The van der Waals surface area contributed by atoms with Crippen molar-refractivity contribution in [3.05, 3.63) is 47.9 Å². The van der Waals surface area contributed by atoms with Gasteiger partial charge in [0.2, 0.25) is 5.69 Å². The summed E-state index contributed by atoms with van der Waals surface area (Å²) in [5.41, 5.74) is 1.29. The number of ether oxygens (including phenoxy) is 2. The average Bonchev–Trinajstić information content (AvgIpc) is 2.68. The third kappa shape index (κ3) is 5.42. The van der Waals surface area contributed by atoms with Crippen LogP contribution in [-0.4, -0.2) is 34.6 Å². The van der Waals surface area contributed by atoms with Crippen molar-refractivity contribution in [3.63, 3.8) is 0 Å². The molecule has 0 bridgehead atoms. The molecule has 0 radical (unpaired) electrons. The molecule has 27 heavy (non-hydrogen) atoms. The number of rotatable bonds is 6. The van der Waals surface area contributed by atoms with E-state index >= 15 is 0 Å². The number of carbonyl (C=O) groups excluding carboxylic acids is 1. The predicted octanol–water partition coefficient (Wildman–Crippen LogP) is 2.54. The van der Waals surface area contributed by atoms with Crippen molar-refractivity contribution in [1.29, 1.82) is 5.26 Å². The van der Waals surface area contributed by atoms with E-state index in [9.17, 15) is 4.79 Å². The molecule has 0 atom stereocenters. The van der Waals surface area contributed by atoms with Crippen LogP contribution in [-0.2, 0) is 4.79 Å². The summed E-state index contributed by atoms with van der Waals surface area (Å²) < 4.78 is 11.3. The second-order valence-electron chi connectivity index (χ2n) is 6.59. The molecule has 0 aliphatic heterocycles. The first-order valence-corrected chi connectivity index (χ1v) is 9.00. The lowest BCUT2D eigenvalue weighted by molar-refractivity contribution is -0.124. The highest BCUT2D eigenvalue weighted by Crippen LogP contribution is 2.24. The zero-order valence-electron chi connectivity index (χ0n) is 15.2. The molecule has 0 unspecified atom stereocenters. The van der Waals surface area contributed by atoms with Crippen molar-refractivity contribution < 1.29 is 14.3 Å². The van der Waals surface area contributed by atoms with Crippen LogP contribution in [0.1, 0.15) is 36.9 Å².